The zero-order chi connectivity index (χ0) is 25.5. The molecule has 0 unspecified atom stereocenters. The molecule has 0 spiro atoms. The van der Waals surface area contributed by atoms with Gasteiger partial charge < -0.3 is 14.3 Å². The van der Waals surface area contributed by atoms with Crippen LogP contribution in [0.1, 0.15) is 42.3 Å². The van der Waals surface area contributed by atoms with Gasteiger partial charge in [0, 0.05) is 16.2 Å². The first-order chi connectivity index (χ1) is 17.4. The Balaban J connectivity index is 1.39. The van der Waals surface area contributed by atoms with Crippen LogP contribution >= 0.6 is 11.8 Å². The highest BCUT2D eigenvalue weighted by Crippen LogP contribution is 2.31. The Morgan fingerprint density at radius 2 is 1.64 bits per heavy atom. The molecular formula is C30H31NO4S. The molecule has 0 aliphatic heterocycles. The third-order valence-corrected chi connectivity index (χ3v) is 7.01. The number of carbonyl (C=O) groups is 1. The van der Waals surface area contributed by atoms with Crippen molar-refractivity contribution in [3.8, 4) is 28.3 Å². The molecule has 0 saturated carbocycles. The Hall–Kier alpha value is -3.51. The van der Waals surface area contributed by atoms with Crippen molar-refractivity contribution < 1.29 is 19.1 Å². The van der Waals surface area contributed by atoms with E-state index in [4.69, 9.17) is 19.2 Å². The van der Waals surface area contributed by atoms with Crippen molar-refractivity contribution in [1.29, 1.82) is 0 Å². The number of benzene rings is 3. The predicted octanol–water partition coefficient (Wildman–Crippen LogP) is 7.72. The number of aliphatic carboxylic acids is 1. The first kappa shape index (κ1) is 25.6. The minimum atomic E-state index is -0.990. The highest BCUT2D eigenvalue weighted by atomic mass is 32.2. The molecule has 0 atom stereocenters. The van der Waals surface area contributed by atoms with E-state index in [9.17, 15) is 4.79 Å². The van der Waals surface area contributed by atoms with Crippen LogP contribution in [0.2, 0.25) is 0 Å². The number of carboxylic acid groups (broad SMARTS) is 1. The van der Waals surface area contributed by atoms with E-state index in [-0.39, 0.29) is 6.61 Å². The fourth-order valence-corrected chi connectivity index (χ4v) is 4.90. The molecule has 3 aromatic carbocycles. The van der Waals surface area contributed by atoms with E-state index in [2.05, 4.69) is 55.5 Å². The van der Waals surface area contributed by atoms with Gasteiger partial charge in [0.25, 0.3) is 0 Å². The molecule has 0 radical (unpaired) electrons. The Kier molecular flexibility index (Phi) is 8.49. The SMILES string of the molecule is CCCCc1ccc(-c2ccc(-c3nc(CSc4ccc(OCC(=O)O)c(C)c4)c(C)o3)cc2)cc1. The summed E-state index contributed by atoms with van der Waals surface area (Å²) in [6.07, 6.45) is 3.56. The number of thioether (sulfide) groups is 1. The predicted molar refractivity (Wildman–Crippen MR) is 145 cm³/mol. The average Bonchev–Trinajstić information content (AvgIpc) is 3.26. The summed E-state index contributed by atoms with van der Waals surface area (Å²) in [5.74, 6) is 1.70. The molecule has 0 saturated heterocycles. The number of unbranched alkanes of at least 4 members (excludes halogenated alkanes) is 1. The third-order valence-electron chi connectivity index (χ3n) is 6.00. The lowest BCUT2D eigenvalue weighted by atomic mass is 10.0. The molecule has 186 valence electrons. The zero-order valence-corrected chi connectivity index (χ0v) is 21.7. The van der Waals surface area contributed by atoms with E-state index in [1.165, 1.54) is 29.5 Å². The summed E-state index contributed by atoms with van der Waals surface area (Å²) in [5, 5.41) is 8.79. The van der Waals surface area contributed by atoms with E-state index < -0.39 is 5.97 Å². The van der Waals surface area contributed by atoms with Crippen molar-refractivity contribution in [2.45, 2.75) is 50.7 Å². The van der Waals surface area contributed by atoms with Crippen molar-refractivity contribution in [2.75, 3.05) is 6.61 Å². The summed E-state index contributed by atoms with van der Waals surface area (Å²) >= 11 is 1.65. The lowest BCUT2D eigenvalue weighted by Crippen LogP contribution is -2.09. The van der Waals surface area contributed by atoms with Crippen molar-refractivity contribution in [2.24, 2.45) is 0 Å². The molecule has 0 aliphatic rings. The van der Waals surface area contributed by atoms with Gasteiger partial charge in [-0.3, -0.25) is 0 Å². The number of hydrogen-bond acceptors (Lipinski definition) is 5. The first-order valence-corrected chi connectivity index (χ1v) is 13.2. The highest BCUT2D eigenvalue weighted by molar-refractivity contribution is 7.98. The normalized spacial score (nSPS) is 11.0. The van der Waals surface area contributed by atoms with Gasteiger partial charge in [-0.15, -0.1) is 11.8 Å². The van der Waals surface area contributed by atoms with E-state index in [0.29, 0.717) is 17.4 Å². The summed E-state index contributed by atoms with van der Waals surface area (Å²) < 4.78 is 11.3. The van der Waals surface area contributed by atoms with Crippen LogP contribution in [-0.2, 0) is 17.0 Å². The van der Waals surface area contributed by atoms with Crippen LogP contribution < -0.4 is 4.74 Å². The second kappa shape index (κ2) is 12.0. The summed E-state index contributed by atoms with van der Waals surface area (Å²) in [4.78, 5) is 16.5. The van der Waals surface area contributed by atoms with Crippen LogP contribution in [0.3, 0.4) is 0 Å². The molecular weight excluding hydrogens is 470 g/mol. The number of nitrogens with zero attached hydrogens (tertiary/aromatic N) is 1. The van der Waals surface area contributed by atoms with Crippen molar-refractivity contribution in [1.82, 2.24) is 4.98 Å². The molecule has 1 heterocycles. The number of hydrogen-bond donors (Lipinski definition) is 1. The Morgan fingerprint density at radius 3 is 2.28 bits per heavy atom. The lowest BCUT2D eigenvalue weighted by molar-refractivity contribution is -0.139. The number of ether oxygens (including phenoxy) is 1. The second-order valence-corrected chi connectivity index (χ2v) is 9.85. The van der Waals surface area contributed by atoms with Gasteiger partial charge in [-0.25, -0.2) is 9.78 Å². The maximum Gasteiger partial charge on any atom is 0.341 e. The van der Waals surface area contributed by atoms with Gasteiger partial charge >= 0.3 is 5.97 Å². The largest absolute Gasteiger partial charge is 0.482 e. The molecule has 36 heavy (non-hydrogen) atoms. The van der Waals surface area contributed by atoms with Crippen molar-refractivity contribution >= 4 is 17.7 Å². The molecule has 0 amide bonds. The van der Waals surface area contributed by atoms with Crippen molar-refractivity contribution in [3.63, 3.8) is 0 Å². The van der Waals surface area contributed by atoms with E-state index in [1.807, 2.05) is 32.0 Å². The number of carboxylic acids is 1. The zero-order valence-electron chi connectivity index (χ0n) is 20.9. The molecule has 0 fully saturated rings. The molecule has 6 heteroatoms. The molecule has 0 bridgehead atoms. The average molecular weight is 502 g/mol. The number of aryl methyl sites for hydroxylation is 3. The van der Waals surface area contributed by atoms with Crippen LogP contribution in [0.5, 0.6) is 5.75 Å². The van der Waals surface area contributed by atoms with Crippen LogP contribution in [0.25, 0.3) is 22.6 Å². The molecule has 5 nitrogen and oxygen atoms in total. The van der Waals surface area contributed by atoms with Gasteiger partial charge in [0.2, 0.25) is 5.89 Å². The topological polar surface area (TPSA) is 72.6 Å². The second-order valence-electron chi connectivity index (χ2n) is 8.80. The quantitative estimate of drug-likeness (QED) is 0.212. The summed E-state index contributed by atoms with van der Waals surface area (Å²) in [6, 6.07) is 22.9. The fourth-order valence-electron chi connectivity index (χ4n) is 3.90. The minimum Gasteiger partial charge on any atom is -0.482 e. The first-order valence-electron chi connectivity index (χ1n) is 12.2. The van der Waals surface area contributed by atoms with Crippen LogP contribution in [0.4, 0.5) is 0 Å². The number of oxazole rings is 1. The van der Waals surface area contributed by atoms with E-state index in [0.717, 1.165) is 33.9 Å². The Labute approximate surface area is 216 Å². The number of aromatic nitrogens is 1. The van der Waals surface area contributed by atoms with Gasteiger partial charge in [0.1, 0.15) is 11.5 Å². The van der Waals surface area contributed by atoms with Crippen LogP contribution in [0.15, 0.2) is 76.0 Å². The highest BCUT2D eigenvalue weighted by Gasteiger charge is 2.13. The standard InChI is InChI=1S/C30H31NO4S/c1-4-5-6-22-7-9-23(10-8-22)24-11-13-25(14-12-24)30-31-27(21(3)35-30)19-36-26-15-16-28(20(2)17-26)34-18-29(32)33/h7-17H,4-6,18-19H2,1-3H3,(H,32,33). The number of rotatable bonds is 11. The Bertz CT molecular complexity index is 1310. The maximum atomic E-state index is 10.7. The molecule has 1 N–H and O–H groups in total. The smallest absolute Gasteiger partial charge is 0.341 e. The van der Waals surface area contributed by atoms with Gasteiger partial charge in [0.15, 0.2) is 6.61 Å². The molecule has 4 rings (SSSR count). The lowest BCUT2D eigenvalue weighted by Gasteiger charge is -2.08. The molecule has 1 aromatic heterocycles. The fraction of sp³-hybridized carbons (Fsp3) is 0.267. The van der Waals surface area contributed by atoms with Crippen LogP contribution in [-0.4, -0.2) is 22.7 Å². The minimum absolute atomic E-state index is 0.347. The van der Waals surface area contributed by atoms with Crippen molar-refractivity contribution in [3.05, 3.63) is 89.3 Å². The van der Waals surface area contributed by atoms with Gasteiger partial charge in [0.05, 0.1) is 5.69 Å². The van der Waals surface area contributed by atoms with Gasteiger partial charge in [-0.2, -0.15) is 0 Å². The van der Waals surface area contributed by atoms with E-state index in [1.54, 1.807) is 11.8 Å². The third kappa shape index (κ3) is 6.58. The maximum absolute atomic E-state index is 10.7. The van der Waals surface area contributed by atoms with E-state index >= 15 is 0 Å². The Morgan fingerprint density at radius 1 is 0.972 bits per heavy atom. The summed E-state index contributed by atoms with van der Waals surface area (Å²) in [6.45, 7) is 5.72. The summed E-state index contributed by atoms with van der Waals surface area (Å²) in [7, 11) is 0. The molecule has 0 aliphatic carbocycles. The summed E-state index contributed by atoms with van der Waals surface area (Å²) in [5.41, 5.74) is 6.52. The van der Waals surface area contributed by atoms with Gasteiger partial charge in [-0.1, -0.05) is 49.7 Å². The van der Waals surface area contributed by atoms with Crippen LogP contribution in [0, 0.1) is 13.8 Å². The molecule has 4 aromatic rings. The monoisotopic (exact) mass is 501 g/mol. The van der Waals surface area contributed by atoms with Gasteiger partial charge in [-0.05, 0) is 79.3 Å².